The molecule has 0 aromatic heterocycles. The van der Waals surface area contributed by atoms with Crippen LogP contribution < -0.4 is 10.7 Å². The Labute approximate surface area is 149 Å². The number of aryl methyl sites for hydroxylation is 1. The van der Waals surface area contributed by atoms with Crippen molar-refractivity contribution in [3.63, 3.8) is 0 Å². The molecular weight excluding hydrogens is 343 g/mol. The molecule has 0 bridgehead atoms. The Morgan fingerprint density at radius 1 is 1.32 bits per heavy atom. The van der Waals surface area contributed by atoms with Crippen molar-refractivity contribution in [3.8, 4) is 0 Å². The molecule has 0 amide bonds. The Kier molecular flexibility index (Phi) is 6.53. The Balaban J connectivity index is 1.89. The summed E-state index contributed by atoms with van der Waals surface area (Å²) in [6, 6.07) is 11.0. The topological polar surface area (TPSA) is 79.6 Å². The molecule has 0 aliphatic heterocycles. The Bertz CT molecular complexity index is 794. The van der Waals surface area contributed by atoms with E-state index in [4.69, 9.17) is 12.2 Å². The monoisotopic (exact) mass is 360 g/mol. The van der Waals surface area contributed by atoms with Gasteiger partial charge in [-0.1, -0.05) is 31.2 Å². The second kappa shape index (κ2) is 8.84. The van der Waals surface area contributed by atoms with Gasteiger partial charge in [0.25, 0.3) is 5.69 Å². The van der Waals surface area contributed by atoms with Gasteiger partial charge < -0.3 is 5.32 Å². The second-order valence-electron chi connectivity index (χ2n) is 5.18. The van der Waals surface area contributed by atoms with Crippen LogP contribution in [-0.4, -0.2) is 16.3 Å². The minimum Gasteiger partial charge on any atom is -0.357 e. The van der Waals surface area contributed by atoms with Gasteiger partial charge >= 0.3 is 0 Å². The molecule has 0 atom stereocenters. The zero-order chi connectivity index (χ0) is 18.2. The quantitative estimate of drug-likeness (QED) is 0.358. The van der Waals surface area contributed by atoms with Crippen molar-refractivity contribution in [1.29, 1.82) is 0 Å². The highest BCUT2D eigenvalue weighted by molar-refractivity contribution is 7.80. The van der Waals surface area contributed by atoms with Crippen LogP contribution in [0.2, 0.25) is 0 Å². The highest BCUT2D eigenvalue weighted by atomic mass is 32.1. The predicted octanol–water partition coefficient (Wildman–Crippen LogP) is 3.29. The predicted molar refractivity (Wildman–Crippen MR) is 99.0 cm³/mol. The van der Waals surface area contributed by atoms with E-state index in [1.54, 1.807) is 24.3 Å². The van der Waals surface area contributed by atoms with Crippen molar-refractivity contribution >= 4 is 29.2 Å². The number of nitro groups is 1. The van der Waals surface area contributed by atoms with E-state index in [1.807, 2.05) is 6.92 Å². The van der Waals surface area contributed by atoms with Crippen molar-refractivity contribution in [2.24, 2.45) is 5.10 Å². The van der Waals surface area contributed by atoms with Crippen molar-refractivity contribution in [2.45, 2.75) is 19.9 Å². The average Bonchev–Trinajstić information content (AvgIpc) is 2.61. The molecule has 0 saturated carbocycles. The van der Waals surface area contributed by atoms with Gasteiger partial charge in [-0.15, -0.1) is 0 Å². The van der Waals surface area contributed by atoms with E-state index in [0.29, 0.717) is 29.2 Å². The zero-order valence-corrected chi connectivity index (χ0v) is 14.3. The maximum Gasteiger partial charge on any atom is 0.273 e. The lowest BCUT2D eigenvalue weighted by molar-refractivity contribution is -0.385. The lowest BCUT2D eigenvalue weighted by atomic mass is 10.1. The summed E-state index contributed by atoms with van der Waals surface area (Å²) in [5.41, 5.74) is 4.85. The summed E-state index contributed by atoms with van der Waals surface area (Å²) in [6.45, 7) is 2.29. The van der Waals surface area contributed by atoms with E-state index in [-0.39, 0.29) is 11.5 Å². The summed E-state index contributed by atoms with van der Waals surface area (Å²) in [5, 5.41) is 18.2. The van der Waals surface area contributed by atoms with E-state index < -0.39 is 4.92 Å². The van der Waals surface area contributed by atoms with Crippen LogP contribution in [0.4, 0.5) is 10.1 Å². The number of nitrogens with one attached hydrogen (secondary N) is 2. The minimum absolute atomic E-state index is 0.0726. The Morgan fingerprint density at radius 2 is 2.04 bits per heavy atom. The van der Waals surface area contributed by atoms with Gasteiger partial charge in [0.05, 0.1) is 11.1 Å². The molecule has 0 unspecified atom stereocenters. The fraction of sp³-hybridized carbons (Fsp3) is 0.176. The molecule has 0 radical (unpaired) electrons. The van der Waals surface area contributed by atoms with Crippen molar-refractivity contribution in [1.82, 2.24) is 10.7 Å². The van der Waals surface area contributed by atoms with Crippen molar-refractivity contribution in [3.05, 3.63) is 75.1 Å². The molecule has 2 aromatic rings. The number of thiocarbonyl (C=S) groups is 1. The Morgan fingerprint density at radius 3 is 2.68 bits per heavy atom. The van der Waals surface area contributed by atoms with Crippen LogP contribution in [0.1, 0.15) is 23.6 Å². The summed E-state index contributed by atoms with van der Waals surface area (Å²) in [5.74, 6) is -0.294. The first kappa shape index (κ1) is 18.5. The van der Waals surface area contributed by atoms with Crippen LogP contribution in [0.15, 0.2) is 47.6 Å². The molecular formula is C17H17FN4O2S. The molecule has 25 heavy (non-hydrogen) atoms. The van der Waals surface area contributed by atoms with E-state index in [0.717, 1.165) is 5.56 Å². The molecule has 2 rings (SSSR count). The highest BCUT2D eigenvalue weighted by Crippen LogP contribution is 2.19. The van der Waals surface area contributed by atoms with Crippen molar-refractivity contribution in [2.75, 3.05) is 0 Å². The van der Waals surface area contributed by atoms with Gasteiger partial charge in [-0.25, -0.2) is 4.39 Å². The van der Waals surface area contributed by atoms with Crippen LogP contribution in [0.3, 0.4) is 0 Å². The lowest BCUT2D eigenvalue weighted by Crippen LogP contribution is -2.31. The molecule has 0 spiro atoms. The van der Waals surface area contributed by atoms with Crippen LogP contribution in [0.25, 0.3) is 0 Å². The summed E-state index contributed by atoms with van der Waals surface area (Å²) >= 11 is 5.08. The third-order valence-corrected chi connectivity index (χ3v) is 3.67. The normalized spacial score (nSPS) is 10.6. The number of hydrogen-bond donors (Lipinski definition) is 2. The highest BCUT2D eigenvalue weighted by Gasteiger charge is 2.12. The van der Waals surface area contributed by atoms with Crippen molar-refractivity contribution < 1.29 is 9.31 Å². The standard InChI is InChI=1S/C17H17FN4O2S/c1-2-14-6-3-13(9-16(14)22(23)24)11-20-21-17(25)19-10-12-4-7-15(18)8-5-12/h3-9,11H,2,10H2,1H3,(H2,19,21,25)/b20-11-. The Hall–Kier alpha value is -2.87. The third-order valence-electron chi connectivity index (χ3n) is 3.43. The van der Waals surface area contributed by atoms with E-state index >= 15 is 0 Å². The summed E-state index contributed by atoms with van der Waals surface area (Å²) in [4.78, 5) is 10.6. The molecule has 0 heterocycles. The molecule has 0 aliphatic carbocycles. The van der Waals surface area contributed by atoms with E-state index in [1.165, 1.54) is 24.4 Å². The number of nitrogens with zero attached hydrogens (tertiary/aromatic N) is 2. The number of rotatable bonds is 6. The number of nitro benzene ring substituents is 1. The summed E-state index contributed by atoms with van der Waals surface area (Å²) in [7, 11) is 0. The second-order valence-corrected chi connectivity index (χ2v) is 5.59. The fourth-order valence-corrected chi connectivity index (χ4v) is 2.24. The largest absolute Gasteiger partial charge is 0.357 e. The van der Waals surface area contributed by atoms with Gasteiger partial charge in [0.2, 0.25) is 0 Å². The first-order valence-corrected chi connectivity index (χ1v) is 7.99. The van der Waals surface area contributed by atoms with Gasteiger partial charge in [-0.3, -0.25) is 15.5 Å². The molecule has 130 valence electrons. The molecule has 0 saturated heterocycles. The average molecular weight is 360 g/mol. The smallest absolute Gasteiger partial charge is 0.273 e. The molecule has 0 fully saturated rings. The van der Waals surface area contributed by atoms with Gasteiger partial charge in [-0.05, 0) is 36.3 Å². The van der Waals surface area contributed by atoms with Crippen LogP contribution in [-0.2, 0) is 13.0 Å². The summed E-state index contributed by atoms with van der Waals surface area (Å²) < 4.78 is 12.8. The molecule has 6 nitrogen and oxygen atoms in total. The van der Waals surface area contributed by atoms with E-state index in [2.05, 4.69) is 15.8 Å². The number of hydrazone groups is 1. The summed E-state index contributed by atoms with van der Waals surface area (Å²) in [6.07, 6.45) is 2.04. The van der Waals surface area contributed by atoms with Crippen LogP contribution in [0.5, 0.6) is 0 Å². The zero-order valence-electron chi connectivity index (χ0n) is 13.5. The van der Waals surface area contributed by atoms with Crippen LogP contribution >= 0.6 is 12.2 Å². The molecule has 2 N–H and O–H groups in total. The van der Waals surface area contributed by atoms with E-state index in [9.17, 15) is 14.5 Å². The fourth-order valence-electron chi connectivity index (χ4n) is 2.12. The maximum atomic E-state index is 12.8. The van der Waals surface area contributed by atoms with Gasteiger partial charge in [0.15, 0.2) is 5.11 Å². The lowest BCUT2D eigenvalue weighted by Gasteiger charge is -2.07. The number of benzene rings is 2. The third kappa shape index (κ3) is 5.61. The van der Waals surface area contributed by atoms with Gasteiger partial charge in [-0.2, -0.15) is 5.10 Å². The van der Waals surface area contributed by atoms with Gasteiger partial charge in [0.1, 0.15) is 5.82 Å². The van der Waals surface area contributed by atoms with Gasteiger partial charge in [0, 0.05) is 23.7 Å². The molecule has 2 aromatic carbocycles. The first-order chi connectivity index (χ1) is 12.0. The molecule has 8 heteroatoms. The molecule has 0 aliphatic rings. The van der Waals surface area contributed by atoms with Crippen LogP contribution in [0, 0.1) is 15.9 Å². The number of hydrogen-bond acceptors (Lipinski definition) is 4. The number of halogens is 1. The first-order valence-electron chi connectivity index (χ1n) is 7.58. The minimum atomic E-state index is -0.404. The SMILES string of the molecule is CCc1ccc(/C=N\NC(=S)NCc2ccc(F)cc2)cc1[N+](=O)[O-]. The maximum absolute atomic E-state index is 12.8.